The van der Waals surface area contributed by atoms with Crippen molar-refractivity contribution in [2.45, 2.75) is 51.5 Å². The molecule has 2 aliphatic rings. The Bertz CT molecular complexity index is 541. The fourth-order valence-electron chi connectivity index (χ4n) is 4.13. The predicted octanol–water partition coefficient (Wildman–Crippen LogP) is -0.0820. The molecule has 0 aromatic carbocycles. The fourth-order valence-corrected chi connectivity index (χ4v) is 4.13. The van der Waals surface area contributed by atoms with E-state index >= 15 is 0 Å². The zero-order valence-corrected chi connectivity index (χ0v) is 16.4. The number of amidine groups is 1. The number of esters is 1. The van der Waals surface area contributed by atoms with Crippen molar-refractivity contribution >= 4 is 17.7 Å². The summed E-state index contributed by atoms with van der Waals surface area (Å²) in [5.41, 5.74) is 8.02. The van der Waals surface area contributed by atoms with E-state index in [1.807, 2.05) is 0 Å². The zero-order chi connectivity index (χ0) is 19.8. The third-order valence-electron chi connectivity index (χ3n) is 5.92. The molecule has 27 heavy (non-hydrogen) atoms. The summed E-state index contributed by atoms with van der Waals surface area (Å²) in [5, 5.41) is 7.15. The maximum absolute atomic E-state index is 12.4. The summed E-state index contributed by atoms with van der Waals surface area (Å²) >= 11 is 0. The number of rotatable bonds is 8. The Kier molecular flexibility index (Phi) is 8.30. The first kappa shape index (κ1) is 21.4. The van der Waals surface area contributed by atoms with Gasteiger partial charge in [-0.15, -0.1) is 0 Å². The van der Waals surface area contributed by atoms with Gasteiger partial charge in [-0.1, -0.05) is 6.42 Å². The largest absolute Gasteiger partial charge is 0.463 e. The van der Waals surface area contributed by atoms with Gasteiger partial charge in [-0.25, -0.2) is 11.4 Å². The van der Waals surface area contributed by atoms with Crippen LogP contribution in [-0.2, 0) is 14.3 Å². The Balaban J connectivity index is 1.76. The molecule has 6 N–H and O–H groups in total. The van der Waals surface area contributed by atoms with Crippen LogP contribution in [0, 0.1) is 17.8 Å². The summed E-state index contributed by atoms with van der Waals surface area (Å²) in [6.45, 7) is 3.02. The van der Waals surface area contributed by atoms with Crippen LogP contribution in [0.2, 0.25) is 0 Å². The molecule has 0 aromatic rings. The monoisotopic (exact) mass is 382 g/mol. The highest BCUT2D eigenvalue weighted by molar-refractivity contribution is 5.79. The molecule has 154 valence electrons. The highest BCUT2D eigenvalue weighted by atomic mass is 16.5. The zero-order valence-electron chi connectivity index (χ0n) is 16.4. The van der Waals surface area contributed by atoms with Crippen LogP contribution in [0.15, 0.2) is 5.10 Å². The number of likely N-dealkylation sites (N-methyl/N-ethyl adjacent to an activating group) is 1. The number of carbonyl (C=O) groups excluding carboxylic acids is 2. The number of nitrogens with zero attached hydrogens (tertiary/aromatic N) is 2. The van der Waals surface area contributed by atoms with Gasteiger partial charge in [0.25, 0.3) is 0 Å². The third-order valence-corrected chi connectivity index (χ3v) is 5.92. The van der Waals surface area contributed by atoms with E-state index in [2.05, 4.69) is 16.0 Å². The minimum absolute atomic E-state index is 0.0362. The molecule has 1 aliphatic heterocycles. The van der Waals surface area contributed by atoms with Gasteiger partial charge in [-0.05, 0) is 50.0 Å². The number of piperidine rings is 1. The number of ether oxygens (including phenoxy) is 1. The third kappa shape index (κ3) is 6.66. The molecule has 2 rings (SSSR count). The number of hydrazone groups is 1. The van der Waals surface area contributed by atoms with Crippen LogP contribution in [0.25, 0.3) is 0 Å². The van der Waals surface area contributed by atoms with Crippen molar-refractivity contribution in [1.29, 1.82) is 0 Å². The molecular formula is C18H34N6O3. The minimum Gasteiger partial charge on any atom is -0.463 e. The maximum atomic E-state index is 12.4. The van der Waals surface area contributed by atoms with Gasteiger partial charge in [0.05, 0.1) is 6.54 Å². The van der Waals surface area contributed by atoms with Gasteiger partial charge >= 0.3 is 5.97 Å². The second kappa shape index (κ2) is 10.5. The van der Waals surface area contributed by atoms with Gasteiger partial charge in [0, 0.05) is 20.4 Å². The lowest BCUT2D eigenvalue weighted by molar-refractivity contribution is -0.149. The van der Waals surface area contributed by atoms with Crippen LogP contribution in [0.5, 0.6) is 0 Å². The molecule has 0 bridgehead atoms. The summed E-state index contributed by atoms with van der Waals surface area (Å²) in [6, 6.07) is -0.249. The first-order valence-electron chi connectivity index (χ1n) is 9.80. The molecule has 0 spiro atoms. The number of fused-ring (bicyclic) bond motifs is 1. The molecule has 1 amide bonds. The van der Waals surface area contributed by atoms with Gasteiger partial charge in [-0.2, -0.15) is 5.10 Å². The smallest absolute Gasteiger partial charge is 0.323 e. The lowest BCUT2D eigenvalue weighted by atomic mass is 9.69. The average Bonchev–Trinajstić information content (AvgIpc) is 2.65. The van der Waals surface area contributed by atoms with Crippen molar-refractivity contribution in [3.05, 3.63) is 0 Å². The van der Waals surface area contributed by atoms with E-state index in [4.69, 9.17) is 16.3 Å². The topological polar surface area (TPSA) is 135 Å². The van der Waals surface area contributed by atoms with Crippen LogP contribution in [0.3, 0.4) is 0 Å². The van der Waals surface area contributed by atoms with Gasteiger partial charge in [-0.3, -0.25) is 9.59 Å². The van der Waals surface area contributed by atoms with Crippen LogP contribution in [0.1, 0.15) is 45.4 Å². The minimum atomic E-state index is -0.249. The standard InChI is InChI=1S/C18H34N6O3/c1-12(25)24(2)7-8-27-18(26)16-10-15-9-13(3-5-14(15)11-21-16)4-6-17(19)22-23-20/h13-16,21,23H,3-11,20H2,1-2H3,(H2,19,22). The lowest BCUT2D eigenvalue weighted by Crippen LogP contribution is -2.50. The molecule has 9 heteroatoms. The molecule has 1 aliphatic carbocycles. The van der Waals surface area contributed by atoms with E-state index in [-0.39, 0.29) is 24.5 Å². The first-order valence-corrected chi connectivity index (χ1v) is 9.80. The van der Waals surface area contributed by atoms with E-state index in [1.54, 1.807) is 11.9 Å². The number of hydrazine groups is 1. The van der Waals surface area contributed by atoms with Crippen LogP contribution in [0.4, 0.5) is 0 Å². The van der Waals surface area contributed by atoms with Crippen LogP contribution < -0.4 is 22.4 Å². The second-order valence-corrected chi connectivity index (χ2v) is 7.77. The summed E-state index contributed by atoms with van der Waals surface area (Å²) in [4.78, 5) is 25.1. The molecule has 1 heterocycles. The Labute approximate surface area is 161 Å². The van der Waals surface area contributed by atoms with E-state index in [0.29, 0.717) is 30.1 Å². The quantitative estimate of drug-likeness (QED) is 0.152. The Morgan fingerprint density at radius 1 is 1.30 bits per heavy atom. The molecule has 4 unspecified atom stereocenters. The van der Waals surface area contributed by atoms with Gasteiger partial charge in [0.2, 0.25) is 5.91 Å². The lowest BCUT2D eigenvalue weighted by Gasteiger charge is -2.42. The second-order valence-electron chi connectivity index (χ2n) is 7.77. The van der Waals surface area contributed by atoms with Crippen molar-refractivity contribution < 1.29 is 14.3 Å². The molecule has 4 atom stereocenters. The van der Waals surface area contributed by atoms with Crippen molar-refractivity contribution in [2.24, 2.45) is 34.4 Å². The first-order chi connectivity index (χ1) is 12.9. The average molecular weight is 383 g/mol. The molecular weight excluding hydrogens is 348 g/mol. The van der Waals surface area contributed by atoms with E-state index in [9.17, 15) is 9.59 Å². The van der Waals surface area contributed by atoms with E-state index in [1.165, 1.54) is 19.8 Å². The number of hydrogen-bond acceptors (Lipinski definition) is 7. The normalized spacial score (nSPS) is 28.2. The summed E-state index contributed by atoms with van der Waals surface area (Å²) in [5.74, 6) is 7.20. The Hall–Kier alpha value is -1.87. The van der Waals surface area contributed by atoms with E-state index < -0.39 is 0 Å². The van der Waals surface area contributed by atoms with Crippen LogP contribution >= 0.6 is 0 Å². The number of hydrogen-bond donors (Lipinski definition) is 4. The number of nitrogens with one attached hydrogen (secondary N) is 2. The highest BCUT2D eigenvalue weighted by Gasteiger charge is 2.38. The predicted molar refractivity (Wildman–Crippen MR) is 103 cm³/mol. The van der Waals surface area contributed by atoms with Crippen molar-refractivity contribution in [3.63, 3.8) is 0 Å². The van der Waals surface area contributed by atoms with Crippen molar-refractivity contribution in [3.8, 4) is 0 Å². The molecule has 0 radical (unpaired) electrons. The van der Waals surface area contributed by atoms with Crippen molar-refractivity contribution in [1.82, 2.24) is 15.8 Å². The van der Waals surface area contributed by atoms with Crippen LogP contribution in [-0.4, -0.2) is 55.4 Å². The molecule has 2 fully saturated rings. The Morgan fingerprint density at radius 2 is 2.07 bits per heavy atom. The SMILES string of the molecule is CC(=O)N(C)CCOC(=O)C1CC2CC(CC/C(N)=N/NN)CCC2CN1. The molecule has 9 nitrogen and oxygen atoms in total. The number of carbonyl (C=O) groups is 2. The fraction of sp³-hybridized carbons (Fsp3) is 0.833. The highest BCUT2D eigenvalue weighted by Crippen LogP contribution is 2.40. The molecule has 1 saturated heterocycles. The van der Waals surface area contributed by atoms with Gasteiger partial charge in [0.15, 0.2) is 0 Å². The maximum Gasteiger partial charge on any atom is 0.323 e. The summed E-state index contributed by atoms with van der Waals surface area (Å²) < 4.78 is 5.37. The van der Waals surface area contributed by atoms with Crippen molar-refractivity contribution in [2.75, 3.05) is 26.7 Å². The molecule has 0 aromatic heterocycles. The molecule has 1 saturated carbocycles. The number of nitrogens with two attached hydrogens (primary N) is 2. The summed E-state index contributed by atoms with van der Waals surface area (Å²) in [7, 11) is 1.70. The van der Waals surface area contributed by atoms with Gasteiger partial charge in [0.1, 0.15) is 18.5 Å². The number of amides is 1. The van der Waals surface area contributed by atoms with E-state index in [0.717, 1.165) is 32.2 Å². The summed E-state index contributed by atoms with van der Waals surface area (Å²) in [6.07, 6.45) is 6.04. The van der Waals surface area contributed by atoms with Gasteiger partial charge < -0.3 is 20.7 Å². The Morgan fingerprint density at radius 3 is 2.78 bits per heavy atom.